The van der Waals surface area contributed by atoms with Gasteiger partial charge in [0.15, 0.2) is 0 Å². The van der Waals surface area contributed by atoms with Crippen molar-refractivity contribution in [3.8, 4) is 0 Å². The molecule has 2 aliphatic rings. The van der Waals surface area contributed by atoms with Gasteiger partial charge in [-0.05, 0) is 31.1 Å². The van der Waals surface area contributed by atoms with Gasteiger partial charge < -0.3 is 10.6 Å². The molecule has 80 valence electrons. The molecule has 2 fully saturated rings. The molecule has 0 aromatic rings. The van der Waals surface area contributed by atoms with Crippen LogP contribution in [0.2, 0.25) is 0 Å². The van der Waals surface area contributed by atoms with Crippen molar-refractivity contribution < 1.29 is 0 Å². The van der Waals surface area contributed by atoms with Crippen LogP contribution < -0.4 is 5.73 Å². The Balaban J connectivity index is 1.90. The number of hydrogen-bond donors (Lipinski definition) is 1. The molecule has 2 heteroatoms. The lowest BCUT2D eigenvalue weighted by Gasteiger charge is -2.44. The normalized spacial score (nSPS) is 26.4. The van der Waals surface area contributed by atoms with Gasteiger partial charge in [0.2, 0.25) is 0 Å². The van der Waals surface area contributed by atoms with E-state index < -0.39 is 0 Å². The van der Waals surface area contributed by atoms with Gasteiger partial charge in [-0.2, -0.15) is 0 Å². The van der Waals surface area contributed by atoms with E-state index in [1.807, 2.05) is 0 Å². The average molecular weight is 194 g/mol. The maximum absolute atomic E-state index is 5.72. The summed E-state index contributed by atoms with van der Waals surface area (Å²) in [6.45, 7) is 6.08. The van der Waals surface area contributed by atoms with Gasteiger partial charge in [0, 0.05) is 13.1 Å². The topological polar surface area (TPSA) is 29.3 Å². The van der Waals surface area contributed by atoms with E-state index in [9.17, 15) is 0 Å². The zero-order chi connectivity index (χ0) is 10.0. The number of likely N-dealkylation sites (tertiary alicyclic amines) is 1. The molecule has 0 aromatic heterocycles. The van der Waals surface area contributed by atoms with E-state index in [2.05, 4.69) is 11.5 Å². The van der Waals surface area contributed by atoms with Crippen LogP contribution in [0.3, 0.4) is 0 Å². The zero-order valence-corrected chi connectivity index (χ0v) is 9.10. The fraction of sp³-hybridized carbons (Fsp3) is 0.833. The summed E-state index contributed by atoms with van der Waals surface area (Å²) in [5, 5.41) is 0. The molecule has 2 nitrogen and oxygen atoms in total. The molecule has 2 rings (SSSR count). The molecule has 1 saturated carbocycles. The molecule has 1 heterocycles. The SMILES string of the molecule is C=C(N)N1CCC2(CCCCC2)CC1. The fourth-order valence-corrected chi connectivity index (χ4v) is 3.07. The maximum atomic E-state index is 5.72. The third-order valence-corrected chi connectivity index (χ3v) is 4.14. The van der Waals surface area contributed by atoms with Gasteiger partial charge in [-0.3, -0.25) is 0 Å². The standard InChI is InChI=1S/C12H22N2/c1-11(13)14-9-7-12(8-10-14)5-3-2-4-6-12/h1-10,13H2. The molecule has 1 spiro atoms. The van der Waals surface area contributed by atoms with Crippen LogP contribution in [0.15, 0.2) is 12.4 Å². The number of piperidine rings is 1. The maximum Gasteiger partial charge on any atom is 0.0912 e. The summed E-state index contributed by atoms with van der Waals surface area (Å²) >= 11 is 0. The van der Waals surface area contributed by atoms with E-state index >= 15 is 0 Å². The first-order valence-corrected chi connectivity index (χ1v) is 5.91. The third-order valence-electron chi connectivity index (χ3n) is 4.14. The Hall–Kier alpha value is -0.660. The summed E-state index contributed by atoms with van der Waals surface area (Å²) in [6, 6.07) is 0. The summed E-state index contributed by atoms with van der Waals surface area (Å²) in [5.41, 5.74) is 6.40. The minimum absolute atomic E-state index is 0.685. The van der Waals surface area contributed by atoms with Gasteiger partial charge in [0.25, 0.3) is 0 Å². The van der Waals surface area contributed by atoms with Crippen LogP contribution in [0.4, 0.5) is 0 Å². The van der Waals surface area contributed by atoms with Gasteiger partial charge >= 0.3 is 0 Å². The fourth-order valence-electron chi connectivity index (χ4n) is 3.07. The van der Waals surface area contributed by atoms with Crippen LogP contribution >= 0.6 is 0 Å². The van der Waals surface area contributed by atoms with Crippen LogP contribution in [0, 0.1) is 5.41 Å². The third kappa shape index (κ3) is 1.89. The Labute approximate surface area is 87.2 Å². The van der Waals surface area contributed by atoms with Crippen molar-refractivity contribution >= 4 is 0 Å². The molecule has 2 N–H and O–H groups in total. The van der Waals surface area contributed by atoms with Gasteiger partial charge in [0.1, 0.15) is 0 Å². The lowest BCUT2D eigenvalue weighted by molar-refractivity contribution is 0.0835. The molecule has 1 aliphatic carbocycles. The Bertz CT molecular complexity index is 206. The van der Waals surface area contributed by atoms with Crippen LogP contribution in [0.5, 0.6) is 0 Å². The highest BCUT2D eigenvalue weighted by atomic mass is 15.2. The van der Waals surface area contributed by atoms with E-state index in [4.69, 9.17) is 5.73 Å². The van der Waals surface area contributed by atoms with E-state index in [0.717, 1.165) is 18.9 Å². The number of nitrogens with zero attached hydrogens (tertiary/aromatic N) is 1. The van der Waals surface area contributed by atoms with Crippen molar-refractivity contribution in [2.24, 2.45) is 11.1 Å². The summed E-state index contributed by atoms with van der Waals surface area (Å²) < 4.78 is 0. The molecule has 0 bridgehead atoms. The molecule has 0 radical (unpaired) electrons. The van der Waals surface area contributed by atoms with Crippen molar-refractivity contribution in [1.82, 2.24) is 4.90 Å². The molecule has 0 amide bonds. The molecule has 1 saturated heterocycles. The Morgan fingerprint density at radius 1 is 1.00 bits per heavy atom. The van der Waals surface area contributed by atoms with Crippen molar-refractivity contribution in [3.05, 3.63) is 12.4 Å². The molecule has 14 heavy (non-hydrogen) atoms. The van der Waals surface area contributed by atoms with Crippen molar-refractivity contribution in [1.29, 1.82) is 0 Å². The van der Waals surface area contributed by atoms with E-state index in [1.54, 1.807) is 0 Å². The minimum Gasteiger partial charge on any atom is -0.386 e. The highest BCUT2D eigenvalue weighted by Crippen LogP contribution is 2.44. The largest absolute Gasteiger partial charge is 0.386 e. The van der Waals surface area contributed by atoms with Crippen LogP contribution in [-0.4, -0.2) is 18.0 Å². The molecule has 0 unspecified atom stereocenters. The smallest absolute Gasteiger partial charge is 0.0912 e. The summed E-state index contributed by atoms with van der Waals surface area (Å²) in [5.74, 6) is 0.760. The Morgan fingerprint density at radius 2 is 1.57 bits per heavy atom. The second-order valence-electron chi connectivity index (χ2n) is 5.04. The van der Waals surface area contributed by atoms with Crippen LogP contribution in [0.1, 0.15) is 44.9 Å². The van der Waals surface area contributed by atoms with Gasteiger partial charge in [-0.25, -0.2) is 0 Å². The van der Waals surface area contributed by atoms with E-state index in [-0.39, 0.29) is 0 Å². The lowest BCUT2D eigenvalue weighted by atomic mass is 9.68. The van der Waals surface area contributed by atoms with Gasteiger partial charge in [0.05, 0.1) is 5.82 Å². The quantitative estimate of drug-likeness (QED) is 0.695. The van der Waals surface area contributed by atoms with Gasteiger partial charge in [-0.1, -0.05) is 25.8 Å². The molecular weight excluding hydrogens is 172 g/mol. The van der Waals surface area contributed by atoms with Crippen molar-refractivity contribution in [3.63, 3.8) is 0 Å². The highest BCUT2D eigenvalue weighted by molar-refractivity contribution is 4.95. The zero-order valence-electron chi connectivity index (χ0n) is 9.10. The van der Waals surface area contributed by atoms with Crippen molar-refractivity contribution in [2.45, 2.75) is 44.9 Å². The van der Waals surface area contributed by atoms with Crippen LogP contribution in [-0.2, 0) is 0 Å². The number of nitrogens with two attached hydrogens (primary N) is 1. The first-order valence-electron chi connectivity index (χ1n) is 5.91. The number of hydrogen-bond acceptors (Lipinski definition) is 2. The monoisotopic (exact) mass is 194 g/mol. The summed E-state index contributed by atoms with van der Waals surface area (Å²) in [7, 11) is 0. The second-order valence-corrected chi connectivity index (χ2v) is 5.04. The molecular formula is C12H22N2. The number of rotatable bonds is 1. The van der Waals surface area contributed by atoms with Gasteiger partial charge in [-0.15, -0.1) is 0 Å². The Kier molecular flexibility index (Phi) is 2.71. The molecule has 0 atom stereocenters. The molecule has 0 aromatic carbocycles. The van der Waals surface area contributed by atoms with Crippen LogP contribution in [0.25, 0.3) is 0 Å². The van der Waals surface area contributed by atoms with E-state index in [0.29, 0.717) is 5.41 Å². The average Bonchev–Trinajstić information content (AvgIpc) is 2.19. The summed E-state index contributed by atoms with van der Waals surface area (Å²) in [6.07, 6.45) is 9.93. The second kappa shape index (κ2) is 3.84. The highest BCUT2D eigenvalue weighted by Gasteiger charge is 2.35. The predicted octanol–water partition coefficient (Wildman–Crippen LogP) is 2.46. The molecule has 1 aliphatic heterocycles. The first kappa shape index (κ1) is 9.88. The minimum atomic E-state index is 0.685. The Morgan fingerprint density at radius 3 is 2.07 bits per heavy atom. The van der Waals surface area contributed by atoms with E-state index in [1.165, 1.54) is 44.9 Å². The van der Waals surface area contributed by atoms with Crippen molar-refractivity contribution in [2.75, 3.05) is 13.1 Å². The summed E-state index contributed by atoms with van der Waals surface area (Å²) in [4.78, 5) is 2.24. The first-order chi connectivity index (χ1) is 6.72. The predicted molar refractivity (Wildman–Crippen MR) is 59.7 cm³/mol. The lowest BCUT2D eigenvalue weighted by Crippen LogP contribution is -2.41.